The van der Waals surface area contributed by atoms with Gasteiger partial charge in [-0.1, -0.05) is 36.2 Å². The van der Waals surface area contributed by atoms with Gasteiger partial charge in [0.1, 0.15) is 11.9 Å². The number of halogens is 3. The van der Waals surface area contributed by atoms with Crippen LogP contribution in [-0.2, 0) is 13.0 Å². The molecule has 0 saturated carbocycles. The number of nitrogen functional groups attached to an aromatic ring is 1. The number of anilines is 1. The number of pyridine rings is 1. The van der Waals surface area contributed by atoms with E-state index in [4.69, 9.17) is 33.7 Å². The molecule has 0 aliphatic carbocycles. The Morgan fingerprint density at radius 2 is 2.03 bits per heavy atom. The highest BCUT2D eigenvalue weighted by Gasteiger charge is 2.22. The van der Waals surface area contributed by atoms with Gasteiger partial charge in [-0.3, -0.25) is 4.90 Å². The Bertz CT molecular complexity index is 1390. The number of hydrogen-bond donors (Lipinski definition) is 2. The summed E-state index contributed by atoms with van der Waals surface area (Å²) in [4.78, 5) is 10.4. The molecule has 5 nitrogen and oxygen atoms in total. The molecule has 34 heavy (non-hydrogen) atoms. The average molecular weight is 499 g/mol. The zero-order valence-electron chi connectivity index (χ0n) is 19.0. The largest absolute Gasteiger partial charge is 0.482 e. The van der Waals surface area contributed by atoms with Gasteiger partial charge in [0.05, 0.1) is 5.02 Å². The minimum atomic E-state index is -0.630. The lowest BCUT2D eigenvalue weighted by molar-refractivity contribution is 0.227. The van der Waals surface area contributed by atoms with E-state index in [1.54, 1.807) is 13.1 Å². The Morgan fingerprint density at radius 3 is 2.82 bits per heavy atom. The molecule has 0 amide bonds. The van der Waals surface area contributed by atoms with Crippen LogP contribution in [0.4, 0.5) is 10.2 Å². The molecule has 2 aromatic carbocycles. The molecule has 0 radical (unpaired) electrons. The van der Waals surface area contributed by atoms with Crippen molar-refractivity contribution in [3.05, 3.63) is 75.3 Å². The summed E-state index contributed by atoms with van der Waals surface area (Å²) in [5.74, 6) is 0.0637. The molecule has 4 aromatic rings. The Hall–Kier alpha value is -2.80. The van der Waals surface area contributed by atoms with Gasteiger partial charge in [-0.05, 0) is 54.9 Å². The molecule has 0 saturated heterocycles. The summed E-state index contributed by atoms with van der Waals surface area (Å²) in [5.41, 5.74) is 12.2. The summed E-state index contributed by atoms with van der Waals surface area (Å²) in [6.07, 6.45) is 2.12. The van der Waals surface area contributed by atoms with Crippen LogP contribution in [-0.4, -0.2) is 28.0 Å². The monoisotopic (exact) mass is 498 g/mol. The van der Waals surface area contributed by atoms with E-state index < -0.39 is 11.9 Å². The number of aromatic amines is 1. The van der Waals surface area contributed by atoms with E-state index >= 15 is 0 Å². The van der Waals surface area contributed by atoms with Crippen LogP contribution >= 0.6 is 23.2 Å². The molecule has 3 heterocycles. The van der Waals surface area contributed by atoms with Crippen molar-refractivity contribution >= 4 is 39.9 Å². The Kier molecular flexibility index (Phi) is 6.15. The fraction of sp³-hybridized carbons (Fsp3) is 0.269. The smallest absolute Gasteiger partial charge is 0.166 e. The van der Waals surface area contributed by atoms with Crippen LogP contribution in [0.5, 0.6) is 5.75 Å². The normalized spacial score (nSPS) is 14.9. The number of benzene rings is 2. The molecule has 3 N–H and O–H groups in total. The number of H-pyrrole nitrogens is 1. The lowest BCUT2D eigenvalue weighted by atomic mass is 10.0. The van der Waals surface area contributed by atoms with Crippen molar-refractivity contribution in [2.75, 3.05) is 18.8 Å². The highest BCUT2D eigenvalue weighted by atomic mass is 35.5. The Morgan fingerprint density at radius 1 is 1.21 bits per heavy atom. The van der Waals surface area contributed by atoms with Crippen molar-refractivity contribution in [1.82, 2.24) is 14.9 Å². The van der Waals surface area contributed by atoms with E-state index in [2.05, 4.69) is 40.0 Å². The lowest BCUT2D eigenvalue weighted by Crippen LogP contribution is -2.29. The van der Waals surface area contributed by atoms with Crippen molar-refractivity contribution in [2.24, 2.45) is 0 Å². The Labute approximate surface area is 207 Å². The molecule has 0 bridgehead atoms. The summed E-state index contributed by atoms with van der Waals surface area (Å²) in [6, 6.07) is 10.9. The highest BCUT2D eigenvalue weighted by molar-refractivity contribution is 6.36. The second-order valence-corrected chi connectivity index (χ2v) is 9.37. The fourth-order valence-electron chi connectivity index (χ4n) is 4.59. The average Bonchev–Trinajstić information content (AvgIpc) is 3.20. The molecule has 5 rings (SSSR count). The van der Waals surface area contributed by atoms with Gasteiger partial charge >= 0.3 is 0 Å². The van der Waals surface area contributed by atoms with Crippen LogP contribution in [0.2, 0.25) is 10.0 Å². The van der Waals surface area contributed by atoms with Crippen LogP contribution in [0.15, 0.2) is 42.6 Å². The van der Waals surface area contributed by atoms with Crippen LogP contribution in [0.3, 0.4) is 0 Å². The summed E-state index contributed by atoms with van der Waals surface area (Å²) in [7, 11) is 0. The van der Waals surface area contributed by atoms with Gasteiger partial charge in [0.2, 0.25) is 0 Å². The summed E-state index contributed by atoms with van der Waals surface area (Å²) in [6.45, 7) is 6.99. The van der Waals surface area contributed by atoms with Crippen molar-refractivity contribution in [3.8, 4) is 16.9 Å². The standard InChI is InChI=1S/C26H25Cl2FN4O/c1-3-33-9-8-22-18(13-33)17-10-15(4-7-21(17)32-22)16-11-23(26(30)31-12-16)34-14(2)24-19(27)5-6-20(29)25(24)28/h4-7,10-12,14,32H,3,8-9,13H2,1-2H3,(H2,30,31)/t14-/m1/s1. The molecule has 0 fully saturated rings. The maximum absolute atomic E-state index is 14.0. The summed E-state index contributed by atoms with van der Waals surface area (Å²) >= 11 is 12.4. The van der Waals surface area contributed by atoms with Gasteiger partial charge < -0.3 is 15.5 Å². The molecule has 0 spiro atoms. The zero-order valence-corrected chi connectivity index (χ0v) is 20.5. The minimum absolute atomic E-state index is 0.0634. The first-order valence-electron chi connectivity index (χ1n) is 11.3. The van der Waals surface area contributed by atoms with E-state index in [0.717, 1.165) is 42.7 Å². The van der Waals surface area contributed by atoms with Crippen LogP contribution < -0.4 is 10.5 Å². The summed E-state index contributed by atoms with van der Waals surface area (Å²) < 4.78 is 20.1. The maximum atomic E-state index is 14.0. The summed E-state index contributed by atoms with van der Waals surface area (Å²) in [5, 5.41) is 1.48. The molecule has 2 aromatic heterocycles. The third-order valence-electron chi connectivity index (χ3n) is 6.51. The number of likely N-dealkylation sites (N-methyl/N-ethyl adjacent to an activating group) is 1. The topological polar surface area (TPSA) is 67.2 Å². The molecule has 1 aliphatic rings. The number of nitrogens with one attached hydrogen (secondary N) is 1. The van der Waals surface area contributed by atoms with Crippen molar-refractivity contribution < 1.29 is 9.13 Å². The van der Waals surface area contributed by atoms with E-state index in [1.807, 2.05) is 6.07 Å². The SMILES string of the molecule is CCN1CCc2[nH]c3ccc(-c4cnc(N)c(O[C@H](C)c5c(Cl)ccc(F)c5Cl)c4)cc3c2C1. The molecule has 1 atom stereocenters. The van der Waals surface area contributed by atoms with Gasteiger partial charge in [-0.2, -0.15) is 0 Å². The molecule has 8 heteroatoms. The van der Waals surface area contributed by atoms with Crippen LogP contribution in [0, 0.1) is 5.82 Å². The van der Waals surface area contributed by atoms with Gasteiger partial charge in [0.15, 0.2) is 11.6 Å². The molecular formula is C26H25Cl2FN4O. The first kappa shape index (κ1) is 23.0. The van der Waals surface area contributed by atoms with Crippen LogP contribution in [0.1, 0.15) is 36.8 Å². The number of nitrogens with zero attached hydrogens (tertiary/aromatic N) is 2. The predicted octanol–water partition coefficient (Wildman–Crippen LogP) is 6.78. The number of rotatable bonds is 5. The van der Waals surface area contributed by atoms with Gasteiger partial charge in [-0.25, -0.2) is 9.37 Å². The van der Waals surface area contributed by atoms with Crippen molar-refractivity contribution in [2.45, 2.75) is 32.9 Å². The number of aromatic nitrogens is 2. The van der Waals surface area contributed by atoms with E-state index in [9.17, 15) is 4.39 Å². The molecule has 0 unspecified atom stereocenters. The van der Waals surface area contributed by atoms with Gasteiger partial charge in [0.25, 0.3) is 0 Å². The van der Waals surface area contributed by atoms with Gasteiger partial charge in [0, 0.05) is 58.5 Å². The fourth-order valence-corrected chi connectivity index (χ4v) is 5.27. The second-order valence-electron chi connectivity index (χ2n) is 8.59. The molecular weight excluding hydrogens is 474 g/mol. The molecule has 1 aliphatic heterocycles. The number of nitrogens with two attached hydrogens (primary N) is 1. The minimum Gasteiger partial charge on any atom is -0.482 e. The predicted molar refractivity (Wildman–Crippen MR) is 136 cm³/mol. The number of ether oxygens (including phenoxy) is 1. The quantitative estimate of drug-likeness (QED) is 0.297. The molecule has 176 valence electrons. The first-order chi connectivity index (χ1) is 16.4. The number of hydrogen-bond acceptors (Lipinski definition) is 4. The zero-order chi connectivity index (χ0) is 24.0. The van der Waals surface area contributed by atoms with Gasteiger partial charge in [-0.15, -0.1) is 0 Å². The van der Waals surface area contributed by atoms with E-state index in [-0.39, 0.29) is 10.8 Å². The number of fused-ring (bicyclic) bond motifs is 3. The highest BCUT2D eigenvalue weighted by Crippen LogP contribution is 2.38. The van der Waals surface area contributed by atoms with E-state index in [1.165, 1.54) is 28.8 Å². The maximum Gasteiger partial charge on any atom is 0.166 e. The third kappa shape index (κ3) is 4.11. The third-order valence-corrected chi connectivity index (χ3v) is 7.22. The first-order valence-corrected chi connectivity index (χ1v) is 12.0. The van der Waals surface area contributed by atoms with Crippen molar-refractivity contribution in [1.29, 1.82) is 0 Å². The van der Waals surface area contributed by atoms with Crippen LogP contribution in [0.25, 0.3) is 22.0 Å². The van der Waals surface area contributed by atoms with E-state index in [0.29, 0.717) is 16.3 Å². The lowest BCUT2D eigenvalue weighted by Gasteiger charge is -2.25. The Balaban J connectivity index is 1.49. The second kappa shape index (κ2) is 9.10. The van der Waals surface area contributed by atoms with Crippen molar-refractivity contribution in [3.63, 3.8) is 0 Å².